The topological polar surface area (TPSA) is 0 Å². The van der Waals surface area contributed by atoms with Crippen LogP contribution in [0, 0.1) is 0 Å². The summed E-state index contributed by atoms with van der Waals surface area (Å²) in [6.45, 7) is 4.68. The van der Waals surface area contributed by atoms with E-state index in [0.717, 1.165) is 11.8 Å². The summed E-state index contributed by atoms with van der Waals surface area (Å²) in [5, 5.41) is 3.04. The maximum atomic E-state index is 2.55. The summed E-state index contributed by atoms with van der Waals surface area (Å²) in [6, 6.07) is 10.1. The molecule has 0 amide bonds. The standard InChI is InChI=1S/C22H24S/c1-3-13-5-7-15-9-21-19(11-17(13)15)20-12-18-14(4-2)6-8-16(18)10-22(20)23-21/h9-14H,3-8H2,1-2H3. The molecule has 1 aromatic heterocycles. The largest absolute Gasteiger partial charge is 0.135 e. The highest BCUT2D eigenvalue weighted by atomic mass is 32.1. The Labute approximate surface area is 142 Å². The smallest absolute Gasteiger partial charge is 0.0358 e. The fraction of sp³-hybridized carbons (Fsp3) is 0.455. The number of hydrogen-bond acceptors (Lipinski definition) is 1. The Balaban J connectivity index is 1.77. The molecule has 2 aliphatic carbocycles. The van der Waals surface area contributed by atoms with E-state index in [2.05, 4.69) is 38.1 Å². The van der Waals surface area contributed by atoms with Crippen LogP contribution in [0.2, 0.25) is 0 Å². The maximum absolute atomic E-state index is 2.55. The van der Waals surface area contributed by atoms with Crippen LogP contribution >= 0.6 is 11.3 Å². The Hall–Kier alpha value is -1.34. The number of fused-ring (bicyclic) bond motifs is 5. The van der Waals surface area contributed by atoms with Crippen molar-refractivity contribution in [3.8, 4) is 0 Å². The van der Waals surface area contributed by atoms with Gasteiger partial charge in [-0.1, -0.05) is 13.8 Å². The van der Waals surface area contributed by atoms with E-state index < -0.39 is 0 Å². The van der Waals surface area contributed by atoms with E-state index in [9.17, 15) is 0 Å². The second kappa shape index (κ2) is 5.08. The van der Waals surface area contributed by atoms with E-state index in [0.29, 0.717) is 0 Å². The number of rotatable bonds is 2. The van der Waals surface area contributed by atoms with Crippen LogP contribution < -0.4 is 0 Å². The van der Waals surface area contributed by atoms with Crippen molar-refractivity contribution in [3.05, 3.63) is 46.5 Å². The molecule has 118 valence electrons. The zero-order valence-corrected chi connectivity index (χ0v) is 14.9. The molecule has 1 heterocycles. The molecule has 0 nitrogen and oxygen atoms in total. The molecule has 23 heavy (non-hydrogen) atoms. The molecule has 0 saturated carbocycles. The Bertz CT molecular complexity index is 841. The van der Waals surface area contributed by atoms with Gasteiger partial charge in [0, 0.05) is 20.2 Å². The summed E-state index contributed by atoms with van der Waals surface area (Å²) in [7, 11) is 0. The maximum Gasteiger partial charge on any atom is 0.0358 e. The zero-order valence-electron chi connectivity index (χ0n) is 14.1. The van der Waals surface area contributed by atoms with E-state index in [-0.39, 0.29) is 0 Å². The summed E-state index contributed by atoms with van der Waals surface area (Å²) >= 11 is 2.01. The van der Waals surface area contributed by atoms with Gasteiger partial charge in [0.15, 0.2) is 0 Å². The van der Waals surface area contributed by atoms with E-state index in [1.165, 1.54) is 58.7 Å². The van der Waals surface area contributed by atoms with Crippen molar-refractivity contribution in [2.75, 3.05) is 0 Å². The van der Waals surface area contributed by atoms with Crippen LogP contribution in [0.15, 0.2) is 24.3 Å². The lowest BCUT2D eigenvalue weighted by Gasteiger charge is -2.09. The molecule has 0 spiro atoms. The van der Waals surface area contributed by atoms with Gasteiger partial charge in [-0.15, -0.1) is 11.3 Å². The fourth-order valence-electron chi connectivity index (χ4n) is 5.00. The molecule has 3 aromatic rings. The Morgan fingerprint density at radius 3 is 1.70 bits per heavy atom. The van der Waals surface area contributed by atoms with Gasteiger partial charge in [0.25, 0.3) is 0 Å². The van der Waals surface area contributed by atoms with Crippen molar-refractivity contribution in [1.29, 1.82) is 0 Å². The van der Waals surface area contributed by atoms with Crippen LogP contribution in [0.3, 0.4) is 0 Å². The monoisotopic (exact) mass is 320 g/mol. The van der Waals surface area contributed by atoms with Crippen LogP contribution in [0.4, 0.5) is 0 Å². The van der Waals surface area contributed by atoms with Crippen molar-refractivity contribution in [2.45, 2.75) is 64.2 Å². The van der Waals surface area contributed by atoms with Gasteiger partial charge in [-0.05, 0) is 96.9 Å². The highest BCUT2D eigenvalue weighted by molar-refractivity contribution is 7.25. The lowest BCUT2D eigenvalue weighted by Crippen LogP contribution is -1.91. The first-order valence-corrected chi connectivity index (χ1v) is 10.1. The van der Waals surface area contributed by atoms with Gasteiger partial charge in [-0.2, -0.15) is 0 Å². The molecule has 0 N–H and O–H groups in total. The predicted octanol–water partition coefficient (Wildman–Crippen LogP) is 6.93. The molecule has 0 radical (unpaired) electrons. The average molecular weight is 321 g/mol. The second-order valence-corrected chi connectivity index (χ2v) is 8.57. The summed E-state index contributed by atoms with van der Waals surface area (Å²) in [5.74, 6) is 1.59. The van der Waals surface area contributed by atoms with E-state index in [4.69, 9.17) is 0 Å². The molecule has 0 fully saturated rings. The van der Waals surface area contributed by atoms with Crippen LogP contribution in [0.5, 0.6) is 0 Å². The van der Waals surface area contributed by atoms with Gasteiger partial charge in [-0.3, -0.25) is 0 Å². The quantitative estimate of drug-likeness (QED) is 0.480. The van der Waals surface area contributed by atoms with Gasteiger partial charge in [-0.25, -0.2) is 0 Å². The lowest BCUT2D eigenvalue weighted by atomic mass is 9.95. The van der Waals surface area contributed by atoms with Crippen molar-refractivity contribution >= 4 is 31.5 Å². The van der Waals surface area contributed by atoms with Crippen LogP contribution in [-0.2, 0) is 12.8 Å². The van der Waals surface area contributed by atoms with Crippen molar-refractivity contribution < 1.29 is 0 Å². The van der Waals surface area contributed by atoms with Crippen LogP contribution in [-0.4, -0.2) is 0 Å². The predicted molar refractivity (Wildman–Crippen MR) is 102 cm³/mol. The molecule has 1 heteroatoms. The fourth-order valence-corrected chi connectivity index (χ4v) is 6.19. The molecule has 0 bridgehead atoms. The molecular weight excluding hydrogens is 296 g/mol. The van der Waals surface area contributed by atoms with Crippen molar-refractivity contribution in [2.24, 2.45) is 0 Å². The molecule has 2 aliphatic rings. The first-order chi connectivity index (χ1) is 11.3. The van der Waals surface area contributed by atoms with Gasteiger partial charge < -0.3 is 0 Å². The molecule has 2 atom stereocenters. The molecule has 0 aliphatic heterocycles. The second-order valence-electron chi connectivity index (χ2n) is 7.48. The molecule has 2 aromatic carbocycles. The minimum absolute atomic E-state index is 0.794. The normalized spacial score (nSPS) is 22.9. The third kappa shape index (κ3) is 1.96. The first-order valence-electron chi connectivity index (χ1n) is 9.30. The van der Waals surface area contributed by atoms with Gasteiger partial charge in [0.05, 0.1) is 0 Å². The summed E-state index contributed by atoms with van der Waals surface area (Å²) in [5.41, 5.74) is 6.53. The summed E-state index contributed by atoms with van der Waals surface area (Å²) in [6.07, 6.45) is 7.85. The Kier molecular flexibility index (Phi) is 3.10. The molecular formula is C22H24S. The average Bonchev–Trinajstić information content (AvgIpc) is 3.24. The Morgan fingerprint density at radius 1 is 0.783 bits per heavy atom. The minimum atomic E-state index is 0.794. The van der Waals surface area contributed by atoms with E-state index in [1.807, 2.05) is 11.3 Å². The zero-order chi connectivity index (χ0) is 15.6. The van der Waals surface area contributed by atoms with Gasteiger partial charge in [0.2, 0.25) is 0 Å². The highest BCUT2D eigenvalue weighted by Gasteiger charge is 2.25. The van der Waals surface area contributed by atoms with Crippen molar-refractivity contribution in [3.63, 3.8) is 0 Å². The van der Waals surface area contributed by atoms with Crippen molar-refractivity contribution in [1.82, 2.24) is 0 Å². The minimum Gasteiger partial charge on any atom is -0.135 e. The lowest BCUT2D eigenvalue weighted by molar-refractivity contribution is 0.656. The summed E-state index contributed by atoms with van der Waals surface area (Å²) in [4.78, 5) is 0. The van der Waals surface area contributed by atoms with Gasteiger partial charge in [0.1, 0.15) is 0 Å². The third-order valence-electron chi connectivity index (χ3n) is 6.38. The molecule has 0 saturated heterocycles. The number of aryl methyl sites for hydroxylation is 2. The molecule has 2 unspecified atom stereocenters. The van der Waals surface area contributed by atoms with Crippen LogP contribution in [0.1, 0.15) is 73.6 Å². The number of benzene rings is 2. The molecule has 5 rings (SSSR count). The summed E-state index contributed by atoms with van der Waals surface area (Å²) < 4.78 is 3.01. The van der Waals surface area contributed by atoms with Gasteiger partial charge >= 0.3 is 0 Å². The third-order valence-corrected chi connectivity index (χ3v) is 7.50. The van der Waals surface area contributed by atoms with E-state index in [1.54, 1.807) is 22.3 Å². The SMILES string of the molecule is CCC1CCc2cc3sc4cc5c(cc4c3cc21)C(CC)CC5. The highest BCUT2D eigenvalue weighted by Crippen LogP contribution is 2.45. The number of thiophene rings is 1. The first kappa shape index (κ1) is 14.0. The number of hydrogen-bond donors (Lipinski definition) is 0. The van der Waals surface area contributed by atoms with Crippen LogP contribution in [0.25, 0.3) is 20.2 Å². The Morgan fingerprint density at radius 2 is 1.26 bits per heavy atom. The van der Waals surface area contributed by atoms with E-state index >= 15 is 0 Å².